The molecular weight excluding hydrogens is 1410 g/mol. The second-order valence-corrected chi connectivity index (χ2v) is 26.8. The van der Waals surface area contributed by atoms with Gasteiger partial charge in [-0.05, 0) is 95.1 Å². The number of nitrogens with one attached hydrogen (secondary N) is 10. The molecule has 103 heavy (non-hydrogen) atoms. The molecule has 1 aromatic rings. The van der Waals surface area contributed by atoms with Gasteiger partial charge in [0.25, 0.3) is 0 Å². The Balaban J connectivity index is 1.86. The van der Waals surface area contributed by atoms with Crippen LogP contribution >= 0.6 is 37.0 Å². The number of aliphatic imine (C=N–C) groups is 1. The molecule has 0 aromatic heterocycles. The minimum Gasteiger partial charge on any atom is -0.480 e. The van der Waals surface area contributed by atoms with E-state index in [1.165, 1.54) is 16.7 Å². The van der Waals surface area contributed by atoms with Gasteiger partial charge in [-0.2, -0.15) is 37.0 Å². The Morgan fingerprint density at radius 1 is 0.563 bits per heavy atom. The number of carboxylic acid groups (broad SMARTS) is 1. The molecule has 2 aliphatic heterocycles. The summed E-state index contributed by atoms with van der Waals surface area (Å²) in [6.45, 7) is 4.38. The SMILES string of the molecule is CC[C@H](C)[C@H](NC(=O)[C@H](CCC(N)=O)NC(=O)[C@H](CCC(N)=O)NC(=O)[C@@H]1CCCN1C(=O)[C@@H]1CCCN1C(=O)[C@H](CO)NC(=O)[C@H](CCSC)NC(=O)[C@H](CCCN=C(N)N)NC(=O)[C@@H](NC(=O)[C@@H](NC(=O)[C@H](Cc1ccccc1)NC(=O)[C@@H](N)CS)[C@@H](C)O)[C@@H](C)O)C(=O)N[C@@H](CS)C(=O)O. The topological polar surface area (TPSA) is 606 Å². The summed E-state index contributed by atoms with van der Waals surface area (Å²) in [6.07, 6.45) is -3.00. The zero-order valence-corrected chi connectivity index (χ0v) is 60.8. The number of benzene rings is 1. The maximum atomic E-state index is 14.6. The van der Waals surface area contributed by atoms with Crippen molar-refractivity contribution in [2.24, 2.45) is 39.6 Å². The number of aliphatic carboxylic acids is 1. The highest BCUT2D eigenvalue weighted by molar-refractivity contribution is 7.98. The number of carbonyl (C=O) groups excluding carboxylic acids is 14. The number of aliphatic hydroxyl groups is 3. The van der Waals surface area contributed by atoms with Gasteiger partial charge in [0.05, 0.1) is 24.9 Å². The summed E-state index contributed by atoms with van der Waals surface area (Å²) in [5, 5.41) is 66.5. The van der Waals surface area contributed by atoms with E-state index in [2.05, 4.69) is 83.4 Å². The number of thiol groups is 2. The van der Waals surface area contributed by atoms with E-state index in [0.717, 1.165) is 18.7 Å². The minimum absolute atomic E-state index is 0.0131. The molecule has 0 bridgehead atoms. The Bertz CT molecular complexity index is 3140. The molecule has 14 amide bonds. The molecule has 0 unspecified atom stereocenters. The van der Waals surface area contributed by atoms with Crippen LogP contribution in [0.4, 0.5) is 0 Å². The van der Waals surface area contributed by atoms with Crippen LogP contribution in [0.25, 0.3) is 0 Å². The van der Waals surface area contributed by atoms with Crippen molar-refractivity contribution in [2.45, 2.75) is 202 Å². The summed E-state index contributed by atoms with van der Waals surface area (Å²) >= 11 is 9.27. The molecule has 2 saturated heterocycles. The van der Waals surface area contributed by atoms with Crippen LogP contribution in [0.3, 0.4) is 0 Å². The summed E-state index contributed by atoms with van der Waals surface area (Å²) in [5.74, 6) is -15.8. The Hall–Kier alpha value is -8.57. The minimum atomic E-state index is -1.88. The van der Waals surface area contributed by atoms with Gasteiger partial charge in [0.15, 0.2) is 5.96 Å². The smallest absolute Gasteiger partial charge is 0.327 e. The first-order chi connectivity index (χ1) is 48.6. The van der Waals surface area contributed by atoms with Gasteiger partial charge in [-0.15, -0.1) is 0 Å². The zero-order chi connectivity index (χ0) is 77.4. The van der Waals surface area contributed by atoms with Crippen molar-refractivity contribution in [1.82, 2.24) is 63.0 Å². The number of amides is 14. The largest absolute Gasteiger partial charge is 0.480 e. The number of carbonyl (C=O) groups is 15. The third-order valence-corrected chi connectivity index (χ3v) is 18.5. The number of guanidine groups is 1. The van der Waals surface area contributed by atoms with Gasteiger partial charge in [0.1, 0.15) is 72.5 Å². The highest BCUT2D eigenvalue weighted by Crippen LogP contribution is 2.26. The molecule has 0 aliphatic carbocycles. The van der Waals surface area contributed by atoms with Gasteiger partial charge >= 0.3 is 5.97 Å². The maximum absolute atomic E-state index is 14.6. The lowest BCUT2D eigenvalue weighted by atomic mass is 9.97. The molecule has 16 atom stereocenters. The quantitative estimate of drug-likeness (QED) is 0.0125. The van der Waals surface area contributed by atoms with Crippen molar-refractivity contribution >= 4 is 132 Å². The number of likely N-dealkylation sites (tertiary alicyclic amines) is 2. The number of nitrogens with zero attached hydrogens (tertiary/aromatic N) is 3. The molecule has 0 spiro atoms. The molecule has 40 heteroatoms. The Morgan fingerprint density at radius 2 is 1.01 bits per heavy atom. The molecule has 576 valence electrons. The molecular formula is C63H102N18O19S3. The molecule has 24 N–H and O–H groups in total. The van der Waals surface area contributed by atoms with E-state index in [1.807, 2.05) is 0 Å². The van der Waals surface area contributed by atoms with E-state index in [9.17, 15) is 92.3 Å². The second-order valence-electron chi connectivity index (χ2n) is 25.1. The van der Waals surface area contributed by atoms with E-state index in [4.69, 9.17) is 28.7 Å². The first-order valence-corrected chi connectivity index (χ1v) is 36.3. The molecule has 2 fully saturated rings. The Kier molecular flexibility index (Phi) is 38.6. The van der Waals surface area contributed by atoms with Crippen molar-refractivity contribution < 1.29 is 92.3 Å². The monoisotopic (exact) mass is 1510 g/mol. The van der Waals surface area contributed by atoms with Crippen molar-refractivity contribution in [1.29, 1.82) is 0 Å². The van der Waals surface area contributed by atoms with Gasteiger partial charge in [-0.25, -0.2) is 4.79 Å². The van der Waals surface area contributed by atoms with Crippen LogP contribution in [0.2, 0.25) is 0 Å². The van der Waals surface area contributed by atoms with E-state index in [-0.39, 0.29) is 94.2 Å². The maximum Gasteiger partial charge on any atom is 0.327 e. The first kappa shape index (κ1) is 88.6. The number of carboxylic acids is 1. The fraction of sp³-hybridized carbons (Fsp3) is 0.651. The van der Waals surface area contributed by atoms with Crippen LogP contribution in [-0.4, -0.2) is 265 Å². The standard InChI is InChI=1S/C63H102N18O19S3/c1-6-31(2)47(57(94)76-42(30-102)62(99)100)77-54(91)38(19-21-46(66)86)70-52(89)37(18-20-45(65)85)72-56(93)43-16-11-24-80(43)61(98)44-17-12-25-81(44)60(97)41(28-82)75-53(90)39(22-26-103-5)71-51(88)36(15-10-23-69-63(67)68)73-58(95)48(32(3)83)79-59(96)49(33(4)84)78-55(92)40(74-50(87)35(64)29-101)27-34-13-8-7-9-14-34/h7-9,13-14,31-33,35-44,47-49,82-84,101-102H,6,10-12,15-30,64H2,1-5H3,(H2,65,85)(H2,66,86)(H,70,89)(H,71,88)(H,72,93)(H,73,95)(H,74,87)(H,75,90)(H,76,94)(H,77,91)(H,78,92)(H,79,96)(H,99,100)(H4,67,68,69)/t31-,32+,33+,35-,36-,37-,38-,39-,40-,41-,42-,43-,44-,47-,48-,49-/m0/s1. The molecule has 0 saturated carbocycles. The second kappa shape index (κ2) is 44.8. The molecule has 0 radical (unpaired) electrons. The Morgan fingerprint density at radius 3 is 1.51 bits per heavy atom. The number of thioether (sulfide) groups is 1. The number of rotatable bonds is 45. The molecule has 3 rings (SSSR count). The molecule has 2 aliphatic rings. The molecule has 37 nitrogen and oxygen atoms in total. The van der Waals surface area contributed by atoms with Crippen LogP contribution in [0, 0.1) is 5.92 Å². The summed E-state index contributed by atoms with van der Waals surface area (Å²) in [4.78, 5) is 210. The van der Waals surface area contributed by atoms with Gasteiger partial charge in [0.2, 0.25) is 82.7 Å². The first-order valence-electron chi connectivity index (χ1n) is 33.6. The predicted molar refractivity (Wildman–Crippen MR) is 382 cm³/mol. The highest BCUT2D eigenvalue weighted by Gasteiger charge is 2.45. The number of hydrogen-bond acceptors (Lipinski definition) is 23. The van der Waals surface area contributed by atoms with Crippen molar-refractivity contribution in [3.8, 4) is 0 Å². The van der Waals surface area contributed by atoms with Gasteiger partial charge in [0, 0.05) is 50.4 Å². The van der Waals surface area contributed by atoms with Crippen LogP contribution in [0.1, 0.15) is 110 Å². The lowest BCUT2D eigenvalue weighted by molar-refractivity contribution is -0.148. The van der Waals surface area contributed by atoms with Crippen LogP contribution in [0.15, 0.2) is 35.3 Å². The highest BCUT2D eigenvalue weighted by atomic mass is 32.2. The van der Waals surface area contributed by atoms with Gasteiger partial charge in [-0.1, -0.05) is 50.6 Å². The third-order valence-electron chi connectivity index (χ3n) is 17.1. The number of aliphatic hydroxyl groups excluding tert-OH is 3. The summed E-state index contributed by atoms with van der Waals surface area (Å²) in [5.41, 5.74) is 28.3. The summed E-state index contributed by atoms with van der Waals surface area (Å²) in [7, 11) is 0. The van der Waals surface area contributed by atoms with Gasteiger partial charge < -0.3 is 112 Å². The molecule has 1 aromatic carbocycles. The number of primary amides is 2. The lowest BCUT2D eigenvalue weighted by Crippen LogP contribution is -2.63. The molecule has 2 heterocycles. The van der Waals surface area contributed by atoms with E-state index in [1.54, 1.807) is 50.4 Å². The van der Waals surface area contributed by atoms with Crippen molar-refractivity contribution in [3.05, 3.63) is 35.9 Å². The number of nitrogens with two attached hydrogens (primary N) is 5. The van der Waals surface area contributed by atoms with E-state index in [0.29, 0.717) is 12.0 Å². The third kappa shape index (κ3) is 28.9. The van der Waals surface area contributed by atoms with Crippen molar-refractivity contribution in [2.75, 3.05) is 49.8 Å². The predicted octanol–water partition coefficient (Wildman–Crippen LogP) is -7.53. The van der Waals surface area contributed by atoms with Crippen LogP contribution < -0.4 is 81.8 Å². The summed E-state index contributed by atoms with van der Waals surface area (Å²) in [6, 6.07) is -11.1. The zero-order valence-electron chi connectivity index (χ0n) is 58.2. The van der Waals surface area contributed by atoms with Crippen molar-refractivity contribution in [3.63, 3.8) is 0 Å². The average Bonchev–Trinajstić information content (AvgIpc) is 1.68. The van der Waals surface area contributed by atoms with Crippen LogP contribution in [-0.2, 0) is 78.3 Å². The van der Waals surface area contributed by atoms with E-state index >= 15 is 0 Å². The lowest BCUT2D eigenvalue weighted by Gasteiger charge is -2.33. The fourth-order valence-corrected chi connectivity index (χ4v) is 11.9. The normalized spacial score (nSPS) is 18.2. The fourth-order valence-electron chi connectivity index (χ4n) is 11.0. The summed E-state index contributed by atoms with van der Waals surface area (Å²) < 4.78 is 0. The average molecular weight is 1510 g/mol. The number of hydrogen-bond donors (Lipinski definition) is 21. The van der Waals surface area contributed by atoms with E-state index < -0.39 is 218 Å². The van der Waals surface area contributed by atoms with Gasteiger partial charge in [-0.3, -0.25) is 72.1 Å². The Labute approximate surface area is 611 Å². The van der Waals surface area contributed by atoms with Crippen LogP contribution in [0.5, 0.6) is 0 Å².